The van der Waals surface area contributed by atoms with Crippen LogP contribution in [0.4, 0.5) is 0 Å². The number of hydrogen-bond donors (Lipinski definition) is 1. The van der Waals surface area contributed by atoms with Crippen molar-refractivity contribution < 1.29 is 4.74 Å². The van der Waals surface area contributed by atoms with E-state index in [0.29, 0.717) is 0 Å². The van der Waals surface area contributed by atoms with Crippen molar-refractivity contribution in [1.29, 1.82) is 0 Å². The van der Waals surface area contributed by atoms with Gasteiger partial charge in [-0.2, -0.15) is 0 Å². The third kappa shape index (κ3) is 6.71. The van der Waals surface area contributed by atoms with Crippen LogP contribution >= 0.6 is 24.0 Å². The minimum absolute atomic E-state index is 0. The summed E-state index contributed by atoms with van der Waals surface area (Å²) in [6, 6.07) is 0. The van der Waals surface area contributed by atoms with Gasteiger partial charge in [-0.1, -0.05) is 6.92 Å². The van der Waals surface area contributed by atoms with E-state index >= 15 is 0 Å². The monoisotopic (exact) mass is 507 g/mol. The summed E-state index contributed by atoms with van der Waals surface area (Å²) in [5.74, 6) is 2.62. The van der Waals surface area contributed by atoms with Crippen molar-refractivity contribution >= 4 is 29.9 Å². The first kappa shape index (κ1) is 24.2. The first-order valence-electron chi connectivity index (χ1n) is 11.0. The fraction of sp³-hybridized carbons (Fsp3) is 0.952. The van der Waals surface area contributed by atoms with Gasteiger partial charge in [0, 0.05) is 65.0 Å². The number of nitrogens with one attached hydrogen (secondary N) is 1. The second-order valence-corrected chi connectivity index (χ2v) is 9.42. The summed E-state index contributed by atoms with van der Waals surface area (Å²) >= 11 is 0. The fourth-order valence-electron chi connectivity index (χ4n) is 4.71. The number of rotatable bonds is 5. The predicted molar refractivity (Wildman–Crippen MR) is 128 cm³/mol. The molecule has 0 aromatic heterocycles. The van der Waals surface area contributed by atoms with Crippen LogP contribution in [0, 0.1) is 11.8 Å². The zero-order valence-corrected chi connectivity index (χ0v) is 20.8. The highest BCUT2D eigenvalue weighted by Gasteiger charge is 2.31. The number of piperazine rings is 1. The van der Waals surface area contributed by atoms with Crippen LogP contribution in [0.3, 0.4) is 0 Å². The molecule has 6 nitrogen and oxygen atoms in total. The lowest BCUT2D eigenvalue weighted by Crippen LogP contribution is -2.58. The number of nitrogens with zero attached hydrogens (tertiary/aromatic N) is 4. The third-order valence-corrected chi connectivity index (χ3v) is 6.62. The number of piperidine rings is 1. The smallest absolute Gasteiger partial charge is 0.193 e. The van der Waals surface area contributed by atoms with Crippen molar-refractivity contribution in [3.63, 3.8) is 0 Å². The Hall–Kier alpha value is -0.120. The second kappa shape index (κ2) is 11.3. The molecule has 0 saturated carbocycles. The van der Waals surface area contributed by atoms with Crippen LogP contribution in [0.5, 0.6) is 0 Å². The molecule has 0 spiro atoms. The van der Waals surface area contributed by atoms with Gasteiger partial charge >= 0.3 is 0 Å². The van der Waals surface area contributed by atoms with Crippen LogP contribution in [0.2, 0.25) is 0 Å². The summed E-state index contributed by atoms with van der Waals surface area (Å²) in [4.78, 5) is 12.3. The number of aliphatic imine (C=N–C) groups is 1. The molecule has 28 heavy (non-hydrogen) atoms. The molecule has 0 amide bonds. The molecule has 164 valence electrons. The molecule has 3 aliphatic heterocycles. The minimum Gasteiger partial charge on any atom is -0.381 e. The summed E-state index contributed by atoms with van der Waals surface area (Å²) in [5, 5.41) is 3.68. The van der Waals surface area contributed by atoms with Crippen molar-refractivity contribution in [2.75, 3.05) is 72.6 Å². The molecule has 3 aliphatic rings. The van der Waals surface area contributed by atoms with E-state index in [2.05, 4.69) is 45.8 Å². The quantitative estimate of drug-likeness (QED) is 0.352. The van der Waals surface area contributed by atoms with Gasteiger partial charge < -0.3 is 15.0 Å². The molecule has 0 aromatic carbocycles. The van der Waals surface area contributed by atoms with Crippen LogP contribution in [0.15, 0.2) is 4.99 Å². The first-order chi connectivity index (χ1) is 13.0. The van der Waals surface area contributed by atoms with Crippen LogP contribution < -0.4 is 5.32 Å². The highest BCUT2D eigenvalue weighted by Crippen LogP contribution is 2.23. The maximum Gasteiger partial charge on any atom is 0.193 e. The van der Waals surface area contributed by atoms with Crippen molar-refractivity contribution in [3.05, 3.63) is 0 Å². The van der Waals surface area contributed by atoms with Gasteiger partial charge in [0.1, 0.15) is 0 Å². The van der Waals surface area contributed by atoms with Gasteiger partial charge in [-0.05, 0) is 51.5 Å². The van der Waals surface area contributed by atoms with E-state index in [1.807, 2.05) is 7.05 Å². The van der Waals surface area contributed by atoms with Gasteiger partial charge in [0.05, 0.1) is 6.61 Å². The normalized spacial score (nSPS) is 28.3. The van der Waals surface area contributed by atoms with Gasteiger partial charge in [-0.3, -0.25) is 14.8 Å². The summed E-state index contributed by atoms with van der Waals surface area (Å²) in [5.41, 5.74) is 0.162. The number of hydrogen-bond acceptors (Lipinski definition) is 4. The number of halogens is 1. The van der Waals surface area contributed by atoms with Crippen LogP contribution in [0.25, 0.3) is 0 Å². The zero-order chi connectivity index (χ0) is 19.3. The first-order valence-corrected chi connectivity index (χ1v) is 11.0. The maximum absolute atomic E-state index is 5.53. The van der Waals surface area contributed by atoms with E-state index in [9.17, 15) is 0 Å². The average Bonchev–Trinajstić information content (AvgIpc) is 3.16. The lowest BCUT2D eigenvalue weighted by atomic mass is 9.93. The average molecular weight is 508 g/mol. The van der Waals surface area contributed by atoms with E-state index in [-0.39, 0.29) is 29.5 Å². The topological polar surface area (TPSA) is 43.3 Å². The Balaban J connectivity index is 0.00000280. The van der Waals surface area contributed by atoms with Crippen LogP contribution in [-0.4, -0.2) is 98.8 Å². The molecule has 3 fully saturated rings. The summed E-state index contributed by atoms with van der Waals surface area (Å²) < 4.78 is 5.53. The summed E-state index contributed by atoms with van der Waals surface area (Å²) in [6.07, 6.45) is 3.93. The molecule has 3 rings (SSSR count). The van der Waals surface area contributed by atoms with Gasteiger partial charge in [0.25, 0.3) is 0 Å². The zero-order valence-electron chi connectivity index (χ0n) is 18.5. The molecule has 7 heteroatoms. The predicted octanol–water partition coefficient (Wildman–Crippen LogP) is 2.34. The second-order valence-electron chi connectivity index (χ2n) is 9.42. The molecule has 0 aromatic rings. The largest absolute Gasteiger partial charge is 0.381 e. The van der Waals surface area contributed by atoms with E-state index in [1.165, 1.54) is 38.9 Å². The molecule has 1 N–H and O–H groups in total. The Morgan fingerprint density at radius 1 is 1.14 bits per heavy atom. The molecular formula is C21H42IN5O. The van der Waals surface area contributed by atoms with Crippen molar-refractivity contribution in [2.45, 2.75) is 45.6 Å². The van der Waals surface area contributed by atoms with E-state index in [1.54, 1.807) is 0 Å². The van der Waals surface area contributed by atoms with Crippen LogP contribution in [-0.2, 0) is 4.74 Å². The molecule has 2 unspecified atom stereocenters. The van der Waals surface area contributed by atoms with Crippen molar-refractivity contribution in [3.8, 4) is 0 Å². The van der Waals surface area contributed by atoms with Gasteiger partial charge in [-0.25, -0.2) is 0 Å². The van der Waals surface area contributed by atoms with Crippen molar-refractivity contribution in [2.24, 2.45) is 16.8 Å². The number of likely N-dealkylation sites (tertiary alicyclic amines) is 1. The standard InChI is InChI=1S/C21H41N5O.HI/c1-18-6-5-8-26(14-18)21(2,3)17-23-20(22-4)25-11-9-24(10-12-25)15-19-7-13-27-16-19;/h18-19H,5-17H2,1-4H3,(H,22,23);1H. The lowest BCUT2D eigenvalue weighted by Gasteiger charge is -2.44. The van der Waals surface area contributed by atoms with E-state index in [4.69, 9.17) is 4.74 Å². The van der Waals surface area contributed by atoms with Gasteiger partial charge in [0.15, 0.2) is 5.96 Å². The van der Waals surface area contributed by atoms with Crippen LogP contribution in [0.1, 0.15) is 40.0 Å². The summed E-state index contributed by atoms with van der Waals surface area (Å²) in [7, 11) is 1.92. The molecule has 2 atom stereocenters. The number of ether oxygens (including phenoxy) is 1. The summed E-state index contributed by atoms with van der Waals surface area (Å²) in [6.45, 7) is 18.0. The van der Waals surface area contributed by atoms with Gasteiger partial charge in [-0.15, -0.1) is 24.0 Å². The SMILES string of the molecule is CN=C(NCC(C)(C)N1CCCC(C)C1)N1CCN(CC2CCOC2)CC1.I. The fourth-order valence-corrected chi connectivity index (χ4v) is 4.71. The third-order valence-electron chi connectivity index (χ3n) is 6.62. The molecular weight excluding hydrogens is 465 g/mol. The Morgan fingerprint density at radius 2 is 1.89 bits per heavy atom. The maximum atomic E-state index is 5.53. The highest BCUT2D eigenvalue weighted by molar-refractivity contribution is 14.0. The van der Waals surface area contributed by atoms with E-state index in [0.717, 1.165) is 63.7 Å². The molecule has 0 bridgehead atoms. The molecule has 3 saturated heterocycles. The highest BCUT2D eigenvalue weighted by atomic mass is 127. The van der Waals surface area contributed by atoms with Gasteiger partial charge in [0.2, 0.25) is 0 Å². The van der Waals surface area contributed by atoms with E-state index < -0.39 is 0 Å². The lowest BCUT2D eigenvalue weighted by molar-refractivity contribution is 0.0730. The molecule has 0 radical (unpaired) electrons. The Bertz CT molecular complexity index is 487. The Kier molecular flexibility index (Phi) is 9.76. The molecule has 3 heterocycles. The number of guanidine groups is 1. The Labute approximate surface area is 189 Å². The van der Waals surface area contributed by atoms with Crippen molar-refractivity contribution in [1.82, 2.24) is 20.0 Å². The molecule has 0 aliphatic carbocycles. The Morgan fingerprint density at radius 3 is 2.50 bits per heavy atom. The minimum atomic E-state index is 0.